The first-order valence-electron chi connectivity index (χ1n) is 7.48. The van der Waals surface area contributed by atoms with E-state index >= 15 is 0 Å². The van der Waals surface area contributed by atoms with Gasteiger partial charge in [-0.1, -0.05) is 18.2 Å². The SMILES string of the molecule is COC(=O)N1CCN(c2ccc(-c3ccccc3F)cn2)CC1. The van der Waals surface area contributed by atoms with Crippen LogP contribution >= 0.6 is 0 Å². The predicted molar refractivity (Wildman–Crippen MR) is 85.8 cm³/mol. The quantitative estimate of drug-likeness (QED) is 0.855. The number of carbonyl (C=O) groups is 1. The summed E-state index contributed by atoms with van der Waals surface area (Å²) in [5.41, 5.74) is 1.29. The summed E-state index contributed by atoms with van der Waals surface area (Å²) in [7, 11) is 1.39. The summed E-state index contributed by atoms with van der Waals surface area (Å²) >= 11 is 0. The predicted octanol–water partition coefficient (Wildman–Crippen LogP) is 2.78. The zero-order valence-electron chi connectivity index (χ0n) is 12.9. The fourth-order valence-corrected chi connectivity index (χ4v) is 2.67. The molecule has 1 amide bonds. The van der Waals surface area contributed by atoms with E-state index in [0.717, 1.165) is 11.4 Å². The maximum Gasteiger partial charge on any atom is 0.409 e. The lowest BCUT2D eigenvalue weighted by molar-refractivity contribution is 0.121. The van der Waals surface area contributed by atoms with E-state index in [-0.39, 0.29) is 11.9 Å². The van der Waals surface area contributed by atoms with E-state index in [9.17, 15) is 9.18 Å². The van der Waals surface area contributed by atoms with Crippen LogP contribution in [0.25, 0.3) is 11.1 Å². The van der Waals surface area contributed by atoms with Crippen LogP contribution in [0.15, 0.2) is 42.6 Å². The van der Waals surface area contributed by atoms with Gasteiger partial charge in [-0.15, -0.1) is 0 Å². The fraction of sp³-hybridized carbons (Fsp3) is 0.294. The van der Waals surface area contributed by atoms with E-state index in [1.807, 2.05) is 12.1 Å². The average molecular weight is 315 g/mol. The number of hydrogen-bond donors (Lipinski definition) is 0. The summed E-state index contributed by atoms with van der Waals surface area (Å²) in [5, 5.41) is 0. The first-order valence-corrected chi connectivity index (χ1v) is 7.48. The first kappa shape index (κ1) is 15.3. The van der Waals surface area contributed by atoms with Crippen LogP contribution in [0.2, 0.25) is 0 Å². The topological polar surface area (TPSA) is 45.7 Å². The zero-order chi connectivity index (χ0) is 16.2. The third-order valence-electron chi connectivity index (χ3n) is 3.97. The van der Waals surface area contributed by atoms with Crippen molar-refractivity contribution in [3.05, 3.63) is 48.4 Å². The monoisotopic (exact) mass is 315 g/mol. The summed E-state index contributed by atoms with van der Waals surface area (Å²) in [4.78, 5) is 19.7. The lowest BCUT2D eigenvalue weighted by Crippen LogP contribution is -2.49. The molecule has 1 aromatic heterocycles. The van der Waals surface area contributed by atoms with Gasteiger partial charge in [0.2, 0.25) is 0 Å². The molecule has 2 aromatic rings. The number of carbonyl (C=O) groups excluding carboxylic acids is 1. The Balaban J connectivity index is 1.69. The molecule has 1 fully saturated rings. The van der Waals surface area contributed by atoms with E-state index in [1.54, 1.807) is 29.3 Å². The van der Waals surface area contributed by atoms with Gasteiger partial charge in [-0.2, -0.15) is 0 Å². The Morgan fingerprint density at radius 1 is 1.13 bits per heavy atom. The van der Waals surface area contributed by atoms with Crippen LogP contribution in [0.4, 0.5) is 15.0 Å². The van der Waals surface area contributed by atoms with Crippen LogP contribution in [-0.4, -0.2) is 49.3 Å². The molecule has 0 atom stereocenters. The number of pyridine rings is 1. The highest BCUT2D eigenvalue weighted by Gasteiger charge is 2.22. The van der Waals surface area contributed by atoms with Gasteiger partial charge >= 0.3 is 6.09 Å². The lowest BCUT2D eigenvalue weighted by Gasteiger charge is -2.34. The number of aromatic nitrogens is 1. The minimum absolute atomic E-state index is 0.256. The number of rotatable bonds is 2. The summed E-state index contributed by atoms with van der Waals surface area (Å²) < 4.78 is 18.5. The van der Waals surface area contributed by atoms with Gasteiger partial charge in [-0.05, 0) is 18.2 Å². The van der Waals surface area contributed by atoms with Crippen molar-refractivity contribution in [2.24, 2.45) is 0 Å². The summed E-state index contributed by atoms with van der Waals surface area (Å²) in [6.07, 6.45) is 1.38. The van der Waals surface area contributed by atoms with Crippen LogP contribution < -0.4 is 4.90 Å². The highest BCUT2D eigenvalue weighted by atomic mass is 19.1. The maximum absolute atomic E-state index is 13.8. The van der Waals surface area contributed by atoms with Gasteiger partial charge in [0, 0.05) is 43.5 Å². The molecule has 0 radical (unpaired) electrons. The minimum atomic E-state index is -0.299. The molecule has 1 aliphatic rings. The highest BCUT2D eigenvalue weighted by molar-refractivity contribution is 5.68. The normalized spacial score (nSPS) is 14.7. The first-order chi connectivity index (χ1) is 11.2. The van der Waals surface area contributed by atoms with Gasteiger partial charge in [-0.3, -0.25) is 0 Å². The number of amides is 1. The van der Waals surface area contributed by atoms with Crippen molar-refractivity contribution in [3.63, 3.8) is 0 Å². The number of halogens is 1. The van der Waals surface area contributed by atoms with Gasteiger partial charge in [0.1, 0.15) is 11.6 Å². The van der Waals surface area contributed by atoms with Crippen molar-refractivity contribution in [2.45, 2.75) is 0 Å². The second-order valence-corrected chi connectivity index (χ2v) is 5.33. The second-order valence-electron chi connectivity index (χ2n) is 5.33. The Morgan fingerprint density at radius 3 is 2.48 bits per heavy atom. The fourth-order valence-electron chi connectivity index (χ4n) is 2.67. The van der Waals surface area contributed by atoms with Crippen LogP contribution in [0.3, 0.4) is 0 Å². The Hall–Kier alpha value is -2.63. The number of piperazine rings is 1. The van der Waals surface area contributed by atoms with Crippen LogP contribution in [0.1, 0.15) is 0 Å². The molecule has 0 saturated carbocycles. The Morgan fingerprint density at radius 2 is 1.87 bits per heavy atom. The number of anilines is 1. The number of ether oxygens (including phenoxy) is 1. The largest absolute Gasteiger partial charge is 0.453 e. The second kappa shape index (κ2) is 6.64. The Kier molecular flexibility index (Phi) is 4.41. The van der Waals surface area contributed by atoms with Crippen molar-refractivity contribution in [3.8, 4) is 11.1 Å². The van der Waals surface area contributed by atoms with Crippen molar-refractivity contribution in [1.29, 1.82) is 0 Å². The molecule has 23 heavy (non-hydrogen) atoms. The van der Waals surface area contributed by atoms with Gasteiger partial charge < -0.3 is 14.5 Å². The van der Waals surface area contributed by atoms with Gasteiger partial charge in [-0.25, -0.2) is 14.2 Å². The van der Waals surface area contributed by atoms with Crippen molar-refractivity contribution >= 4 is 11.9 Å². The van der Waals surface area contributed by atoms with Gasteiger partial charge in [0.05, 0.1) is 7.11 Å². The number of hydrogen-bond acceptors (Lipinski definition) is 4. The van der Waals surface area contributed by atoms with Crippen LogP contribution in [0.5, 0.6) is 0 Å². The Bertz CT molecular complexity index is 682. The molecule has 0 spiro atoms. The molecule has 3 rings (SSSR count). The standard InChI is InChI=1S/C17H18FN3O2/c1-23-17(22)21-10-8-20(9-11-21)16-7-6-13(12-19-16)14-4-2-3-5-15(14)18/h2-7,12H,8-11H2,1H3. The number of benzene rings is 1. The van der Waals surface area contributed by atoms with E-state index < -0.39 is 0 Å². The van der Waals surface area contributed by atoms with Crippen molar-refractivity contribution in [2.75, 3.05) is 38.2 Å². The number of nitrogens with zero attached hydrogens (tertiary/aromatic N) is 3. The molecule has 6 heteroatoms. The van der Waals surface area contributed by atoms with Crippen molar-refractivity contribution in [1.82, 2.24) is 9.88 Å². The molecule has 5 nitrogen and oxygen atoms in total. The summed E-state index contributed by atoms with van der Waals surface area (Å²) in [6, 6.07) is 10.4. The molecule has 0 unspecified atom stereocenters. The maximum atomic E-state index is 13.8. The molecule has 1 aromatic carbocycles. The average Bonchev–Trinajstić information content (AvgIpc) is 2.62. The smallest absolute Gasteiger partial charge is 0.409 e. The minimum Gasteiger partial charge on any atom is -0.453 e. The molecule has 0 aliphatic carbocycles. The zero-order valence-corrected chi connectivity index (χ0v) is 12.9. The molecule has 120 valence electrons. The van der Waals surface area contributed by atoms with Gasteiger partial charge in [0.15, 0.2) is 0 Å². The molecular weight excluding hydrogens is 297 g/mol. The molecule has 0 N–H and O–H groups in total. The molecule has 0 bridgehead atoms. The highest BCUT2D eigenvalue weighted by Crippen LogP contribution is 2.24. The van der Waals surface area contributed by atoms with Gasteiger partial charge in [0.25, 0.3) is 0 Å². The van der Waals surface area contributed by atoms with Crippen molar-refractivity contribution < 1.29 is 13.9 Å². The van der Waals surface area contributed by atoms with E-state index in [2.05, 4.69) is 9.88 Å². The number of methoxy groups -OCH3 is 1. The van der Waals surface area contributed by atoms with E-state index in [0.29, 0.717) is 31.7 Å². The third kappa shape index (κ3) is 3.26. The summed E-state index contributed by atoms with van der Waals surface area (Å²) in [5.74, 6) is 0.573. The molecule has 1 aliphatic heterocycles. The third-order valence-corrected chi connectivity index (χ3v) is 3.97. The Labute approximate surface area is 134 Å². The van der Waals surface area contributed by atoms with Crippen LogP contribution in [0, 0.1) is 5.82 Å². The van der Waals surface area contributed by atoms with E-state index in [1.165, 1.54) is 13.2 Å². The molecule has 1 saturated heterocycles. The molecular formula is C17H18FN3O2. The van der Waals surface area contributed by atoms with E-state index in [4.69, 9.17) is 4.74 Å². The lowest BCUT2D eigenvalue weighted by atomic mass is 10.1. The molecule has 2 heterocycles. The van der Waals surface area contributed by atoms with Crippen LogP contribution in [-0.2, 0) is 4.74 Å². The summed E-state index contributed by atoms with van der Waals surface area (Å²) in [6.45, 7) is 2.59.